The predicted molar refractivity (Wildman–Crippen MR) is 70.1 cm³/mol. The van der Waals surface area contributed by atoms with Gasteiger partial charge in [0.15, 0.2) is 0 Å². The largest absolute Gasteiger partial charge is 0.444 e. The number of nitrogens with zero attached hydrogens (tertiary/aromatic N) is 1. The predicted octanol–water partition coefficient (Wildman–Crippen LogP) is 3.20. The maximum Gasteiger partial charge on any atom is 0.417 e. The molecule has 0 aromatic rings. The quantitative estimate of drug-likeness (QED) is 0.758. The van der Waals surface area contributed by atoms with Gasteiger partial charge in [-0.05, 0) is 32.6 Å². The first kappa shape index (κ1) is 15.0. The van der Waals surface area contributed by atoms with E-state index in [0.717, 1.165) is 19.3 Å². The molecule has 1 fully saturated rings. The second-order valence-corrected chi connectivity index (χ2v) is 5.39. The molecule has 1 saturated heterocycles. The van der Waals surface area contributed by atoms with Gasteiger partial charge in [0, 0.05) is 5.92 Å². The summed E-state index contributed by atoms with van der Waals surface area (Å²) in [7, 11) is 0. The van der Waals surface area contributed by atoms with Crippen molar-refractivity contribution >= 4 is 12.0 Å². The highest BCUT2D eigenvalue weighted by Gasteiger charge is 2.42. The Morgan fingerprint density at radius 2 is 1.94 bits per heavy atom. The fourth-order valence-corrected chi connectivity index (χ4v) is 2.27. The zero-order valence-corrected chi connectivity index (χ0v) is 12.1. The lowest BCUT2D eigenvalue weighted by Gasteiger charge is -2.24. The summed E-state index contributed by atoms with van der Waals surface area (Å²) < 4.78 is 5.10. The van der Waals surface area contributed by atoms with Crippen LogP contribution >= 0.6 is 0 Å². The molecule has 1 heterocycles. The first-order chi connectivity index (χ1) is 8.42. The van der Waals surface area contributed by atoms with E-state index in [2.05, 4.69) is 13.8 Å². The monoisotopic (exact) mass is 255 g/mol. The number of ether oxygens (including phenoxy) is 1. The summed E-state index contributed by atoms with van der Waals surface area (Å²) in [5.74, 6) is 0.366. The molecule has 18 heavy (non-hydrogen) atoms. The minimum absolute atomic E-state index is 0.0692. The van der Waals surface area contributed by atoms with Crippen molar-refractivity contribution in [1.29, 1.82) is 0 Å². The summed E-state index contributed by atoms with van der Waals surface area (Å²) in [6.07, 6.45) is 1.98. The summed E-state index contributed by atoms with van der Waals surface area (Å²) in [4.78, 5) is 25.4. The summed E-state index contributed by atoms with van der Waals surface area (Å²) in [5, 5.41) is 0. The van der Waals surface area contributed by atoms with Crippen LogP contribution < -0.4 is 0 Å². The molecule has 0 radical (unpaired) electrons. The first-order valence-electron chi connectivity index (χ1n) is 6.95. The van der Waals surface area contributed by atoms with Crippen LogP contribution in [-0.2, 0) is 9.53 Å². The van der Waals surface area contributed by atoms with Crippen molar-refractivity contribution in [2.45, 2.75) is 66.0 Å². The second-order valence-electron chi connectivity index (χ2n) is 5.39. The molecule has 0 aromatic heterocycles. The van der Waals surface area contributed by atoms with E-state index in [1.165, 1.54) is 4.90 Å². The van der Waals surface area contributed by atoms with Crippen LogP contribution in [0, 0.1) is 11.8 Å². The molecule has 0 unspecified atom stereocenters. The summed E-state index contributed by atoms with van der Waals surface area (Å²) in [6, 6.07) is -0.156. The molecule has 4 atom stereocenters. The van der Waals surface area contributed by atoms with Gasteiger partial charge in [0.2, 0.25) is 5.91 Å². The van der Waals surface area contributed by atoms with Gasteiger partial charge in [-0.25, -0.2) is 9.69 Å². The molecule has 0 N–H and O–H groups in total. The van der Waals surface area contributed by atoms with Crippen LogP contribution in [0.3, 0.4) is 0 Å². The van der Waals surface area contributed by atoms with Crippen LogP contribution in [0.4, 0.5) is 4.79 Å². The van der Waals surface area contributed by atoms with Crippen LogP contribution in [0.25, 0.3) is 0 Å². The third-order valence-corrected chi connectivity index (χ3v) is 4.03. The molecule has 1 aliphatic heterocycles. The lowest BCUT2D eigenvalue weighted by Crippen LogP contribution is -2.42. The average molecular weight is 255 g/mol. The van der Waals surface area contributed by atoms with Gasteiger partial charge >= 0.3 is 6.09 Å². The van der Waals surface area contributed by atoms with Crippen molar-refractivity contribution in [3.05, 3.63) is 0 Å². The molecule has 0 aromatic carbocycles. The van der Waals surface area contributed by atoms with Gasteiger partial charge in [-0.15, -0.1) is 0 Å². The van der Waals surface area contributed by atoms with Crippen molar-refractivity contribution in [2.24, 2.45) is 11.8 Å². The van der Waals surface area contributed by atoms with Crippen LogP contribution in [0.1, 0.15) is 53.9 Å². The van der Waals surface area contributed by atoms with E-state index in [0.29, 0.717) is 5.92 Å². The van der Waals surface area contributed by atoms with Crippen LogP contribution in [0.5, 0.6) is 0 Å². The van der Waals surface area contributed by atoms with Gasteiger partial charge < -0.3 is 4.74 Å². The zero-order valence-electron chi connectivity index (χ0n) is 12.1. The first-order valence-corrected chi connectivity index (χ1v) is 6.95. The Bertz CT molecular complexity index is 316. The maximum atomic E-state index is 12.4. The molecule has 4 nitrogen and oxygen atoms in total. The Hall–Kier alpha value is -1.06. The molecular weight excluding hydrogens is 230 g/mol. The number of amides is 2. The van der Waals surface area contributed by atoms with Gasteiger partial charge in [0.05, 0.1) is 6.04 Å². The highest BCUT2D eigenvalue weighted by Crippen LogP contribution is 2.26. The van der Waals surface area contributed by atoms with Crippen molar-refractivity contribution in [2.75, 3.05) is 0 Å². The lowest BCUT2D eigenvalue weighted by atomic mass is 9.90. The van der Waals surface area contributed by atoms with E-state index in [1.807, 2.05) is 20.8 Å². The van der Waals surface area contributed by atoms with Crippen LogP contribution in [-0.4, -0.2) is 29.0 Å². The molecule has 4 heteroatoms. The zero-order chi connectivity index (χ0) is 13.9. The second kappa shape index (κ2) is 6.21. The van der Waals surface area contributed by atoms with E-state index in [1.54, 1.807) is 0 Å². The molecule has 1 aliphatic rings. The fraction of sp³-hybridized carbons (Fsp3) is 0.857. The van der Waals surface area contributed by atoms with Gasteiger partial charge in [0.1, 0.15) is 6.10 Å². The molecule has 1 rings (SSSR count). The van der Waals surface area contributed by atoms with Crippen molar-refractivity contribution in [3.8, 4) is 0 Å². The Morgan fingerprint density at radius 3 is 2.33 bits per heavy atom. The van der Waals surface area contributed by atoms with E-state index >= 15 is 0 Å². The average Bonchev–Trinajstić information content (AvgIpc) is 2.59. The van der Waals surface area contributed by atoms with Gasteiger partial charge in [-0.1, -0.05) is 27.2 Å². The number of cyclic esters (lactones) is 1. The van der Waals surface area contributed by atoms with E-state index in [4.69, 9.17) is 4.74 Å². The fourth-order valence-electron chi connectivity index (χ4n) is 2.27. The molecule has 0 saturated carbocycles. The molecule has 0 spiro atoms. The number of carbonyl (C=O) groups excluding carboxylic acids is 2. The summed E-state index contributed by atoms with van der Waals surface area (Å²) >= 11 is 0. The highest BCUT2D eigenvalue weighted by atomic mass is 16.6. The summed E-state index contributed by atoms with van der Waals surface area (Å²) in [6.45, 7) is 9.95. The Balaban J connectivity index is 2.75. The van der Waals surface area contributed by atoms with Crippen molar-refractivity contribution in [3.63, 3.8) is 0 Å². The van der Waals surface area contributed by atoms with Gasteiger partial charge in [0.25, 0.3) is 0 Å². The molecule has 2 amide bonds. The van der Waals surface area contributed by atoms with Crippen molar-refractivity contribution in [1.82, 2.24) is 4.90 Å². The van der Waals surface area contributed by atoms with Crippen LogP contribution in [0.15, 0.2) is 0 Å². The number of imide groups is 1. The number of carbonyl (C=O) groups is 2. The Labute approximate surface area is 110 Å². The summed E-state index contributed by atoms with van der Waals surface area (Å²) in [5.41, 5.74) is 0. The third-order valence-electron chi connectivity index (χ3n) is 4.03. The maximum absolute atomic E-state index is 12.4. The molecule has 0 aliphatic carbocycles. The Kier molecular flexibility index (Phi) is 5.17. The van der Waals surface area contributed by atoms with E-state index < -0.39 is 6.09 Å². The SMILES string of the molecule is CC[C@H](C)C[C@@H](CC)C(=O)N1C(=O)O[C@@H](C)[C@H]1C. The minimum atomic E-state index is -0.484. The van der Waals surface area contributed by atoms with Gasteiger partial charge in [-0.2, -0.15) is 0 Å². The van der Waals surface area contributed by atoms with E-state index in [9.17, 15) is 9.59 Å². The van der Waals surface area contributed by atoms with Gasteiger partial charge in [-0.3, -0.25) is 4.79 Å². The topological polar surface area (TPSA) is 46.6 Å². The normalized spacial score (nSPS) is 26.9. The van der Waals surface area contributed by atoms with Crippen LogP contribution in [0.2, 0.25) is 0 Å². The molecule has 104 valence electrons. The smallest absolute Gasteiger partial charge is 0.417 e. The number of hydrogen-bond donors (Lipinski definition) is 0. The Morgan fingerprint density at radius 1 is 1.33 bits per heavy atom. The highest BCUT2D eigenvalue weighted by molar-refractivity contribution is 5.94. The van der Waals surface area contributed by atoms with Crippen molar-refractivity contribution < 1.29 is 14.3 Å². The third kappa shape index (κ3) is 3.03. The minimum Gasteiger partial charge on any atom is -0.444 e. The lowest BCUT2D eigenvalue weighted by molar-refractivity contribution is -0.134. The standard InChI is InChI=1S/C14H25NO3/c1-6-9(3)8-12(7-2)13(16)15-10(4)11(5)18-14(15)17/h9-12H,6-8H2,1-5H3/t9-,10+,11-,12+/m0/s1. The van der Waals surface area contributed by atoms with E-state index in [-0.39, 0.29) is 24.0 Å². The number of rotatable bonds is 5. The molecular formula is C14H25NO3. The molecule has 0 bridgehead atoms. The number of hydrogen-bond acceptors (Lipinski definition) is 3.